The van der Waals surface area contributed by atoms with E-state index in [-0.39, 0.29) is 0 Å². The maximum absolute atomic E-state index is 4.75. The quantitative estimate of drug-likeness (QED) is 0.477. The van der Waals surface area contributed by atoms with Crippen molar-refractivity contribution in [3.05, 3.63) is 59.5 Å². The SMILES string of the molecule is Cc1cc(C)c2c(n1)sc1c(N3CCC(Cc4ccccc4)CC3)ncnc12. The lowest BCUT2D eigenvalue weighted by molar-refractivity contribution is 0.403. The Balaban J connectivity index is 1.42. The Hall–Kier alpha value is -2.53. The minimum absolute atomic E-state index is 0.755. The van der Waals surface area contributed by atoms with Crippen LogP contribution in [0.1, 0.15) is 29.7 Å². The summed E-state index contributed by atoms with van der Waals surface area (Å²) in [6.07, 6.45) is 5.32. The fraction of sp³-hybridized carbons (Fsp3) is 0.348. The third-order valence-corrected chi connectivity index (χ3v) is 6.88. The molecular formula is C23H24N4S. The molecule has 1 aliphatic rings. The lowest BCUT2D eigenvalue weighted by Crippen LogP contribution is -2.34. The Morgan fingerprint density at radius 1 is 1.07 bits per heavy atom. The van der Waals surface area contributed by atoms with Crippen molar-refractivity contribution in [3.8, 4) is 0 Å². The van der Waals surface area contributed by atoms with Crippen molar-refractivity contribution in [1.82, 2.24) is 15.0 Å². The molecule has 0 radical (unpaired) electrons. The van der Waals surface area contributed by atoms with Crippen molar-refractivity contribution in [2.45, 2.75) is 33.1 Å². The van der Waals surface area contributed by atoms with Crippen molar-refractivity contribution in [1.29, 1.82) is 0 Å². The van der Waals surface area contributed by atoms with Gasteiger partial charge in [-0.05, 0) is 56.2 Å². The highest BCUT2D eigenvalue weighted by molar-refractivity contribution is 7.26. The molecule has 4 heterocycles. The second kappa shape index (κ2) is 7.13. The van der Waals surface area contributed by atoms with Gasteiger partial charge in [-0.3, -0.25) is 0 Å². The second-order valence-corrected chi connectivity index (χ2v) is 8.86. The molecule has 0 bridgehead atoms. The first kappa shape index (κ1) is 17.6. The first-order chi connectivity index (χ1) is 13.7. The number of piperidine rings is 1. The van der Waals surface area contributed by atoms with E-state index in [0.29, 0.717) is 0 Å². The molecule has 0 aliphatic carbocycles. The van der Waals surface area contributed by atoms with Crippen LogP contribution in [0.3, 0.4) is 0 Å². The van der Waals surface area contributed by atoms with Gasteiger partial charge in [0.1, 0.15) is 17.0 Å². The van der Waals surface area contributed by atoms with E-state index < -0.39 is 0 Å². The van der Waals surface area contributed by atoms with Gasteiger partial charge in [-0.1, -0.05) is 30.3 Å². The van der Waals surface area contributed by atoms with Gasteiger partial charge in [0.05, 0.1) is 10.2 Å². The first-order valence-corrected chi connectivity index (χ1v) is 10.8. The van der Waals surface area contributed by atoms with E-state index in [2.05, 4.69) is 65.1 Å². The summed E-state index contributed by atoms with van der Waals surface area (Å²) >= 11 is 1.74. The summed E-state index contributed by atoms with van der Waals surface area (Å²) in [4.78, 5) is 17.6. The molecule has 4 nitrogen and oxygen atoms in total. The number of aromatic nitrogens is 3. The zero-order valence-corrected chi connectivity index (χ0v) is 17.2. The number of hydrogen-bond donors (Lipinski definition) is 0. The smallest absolute Gasteiger partial charge is 0.150 e. The molecule has 28 heavy (non-hydrogen) atoms. The van der Waals surface area contributed by atoms with Crippen LogP contribution in [0.2, 0.25) is 0 Å². The highest BCUT2D eigenvalue weighted by atomic mass is 32.1. The van der Waals surface area contributed by atoms with E-state index >= 15 is 0 Å². The molecule has 4 aromatic rings. The molecule has 1 aliphatic heterocycles. The Bertz CT molecular complexity index is 1130. The number of nitrogens with zero attached hydrogens (tertiary/aromatic N) is 4. The molecule has 1 saturated heterocycles. The van der Waals surface area contributed by atoms with Crippen LogP contribution < -0.4 is 4.90 Å². The first-order valence-electron chi connectivity index (χ1n) is 9.99. The average molecular weight is 389 g/mol. The van der Waals surface area contributed by atoms with E-state index in [9.17, 15) is 0 Å². The number of hydrogen-bond acceptors (Lipinski definition) is 5. The molecule has 0 spiro atoms. The molecular weight excluding hydrogens is 364 g/mol. The normalized spacial score (nSPS) is 15.6. The monoisotopic (exact) mass is 388 g/mol. The van der Waals surface area contributed by atoms with Crippen molar-refractivity contribution < 1.29 is 0 Å². The van der Waals surface area contributed by atoms with Crippen LogP contribution in [0.15, 0.2) is 42.7 Å². The van der Waals surface area contributed by atoms with Crippen LogP contribution in [0, 0.1) is 19.8 Å². The van der Waals surface area contributed by atoms with Crippen molar-refractivity contribution in [2.75, 3.05) is 18.0 Å². The van der Waals surface area contributed by atoms with Crippen LogP contribution in [-0.4, -0.2) is 28.0 Å². The minimum Gasteiger partial charge on any atom is -0.355 e. The molecule has 5 heteroatoms. The van der Waals surface area contributed by atoms with Gasteiger partial charge in [0.15, 0.2) is 0 Å². The van der Waals surface area contributed by atoms with Gasteiger partial charge in [0.2, 0.25) is 0 Å². The average Bonchev–Trinajstić information content (AvgIpc) is 3.08. The summed E-state index contributed by atoms with van der Waals surface area (Å²) in [5.41, 5.74) is 4.82. The van der Waals surface area contributed by atoms with Gasteiger partial charge < -0.3 is 4.90 Å². The van der Waals surface area contributed by atoms with Crippen molar-refractivity contribution >= 4 is 37.6 Å². The van der Waals surface area contributed by atoms with Crippen LogP contribution >= 0.6 is 11.3 Å². The van der Waals surface area contributed by atoms with Crippen LogP contribution in [0.25, 0.3) is 20.4 Å². The minimum atomic E-state index is 0.755. The van der Waals surface area contributed by atoms with Crippen LogP contribution in [-0.2, 0) is 6.42 Å². The van der Waals surface area contributed by atoms with Crippen LogP contribution in [0.4, 0.5) is 5.82 Å². The zero-order chi connectivity index (χ0) is 19.1. The summed E-state index contributed by atoms with van der Waals surface area (Å²) in [5.74, 6) is 1.84. The Morgan fingerprint density at radius 3 is 2.64 bits per heavy atom. The lowest BCUT2D eigenvalue weighted by atomic mass is 9.90. The molecule has 142 valence electrons. The highest BCUT2D eigenvalue weighted by Crippen LogP contribution is 2.39. The molecule has 1 aromatic carbocycles. The molecule has 0 saturated carbocycles. The number of fused-ring (bicyclic) bond motifs is 3. The summed E-state index contributed by atoms with van der Waals surface area (Å²) in [6.45, 7) is 6.33. The van der Waals surface area contributed by atoms with Gasteiger partial charge >= 0.3 is 0 Å². The maximum Gasteiger partial charge on any atom is 0.150 e. The number of anilines is 1. The van der Waals surface area contributed by atoms with Crippen molar-refractivity contribution in [3.63, 3.8) is 0 Å². The van der Waals surface area contributed by atoms with E-state index in [1.165, 1.54) is 40.5 Å². The highest BCUT2D eigenvalue weighted by Gasteiger charge is 2.23. The number of benzene rings is 1. The molecule has 5 rings (SSSR count). The molecule has 0 N–H and O–H groups in total. The Morgan fingerprint density at radius 2 is 1.86 bits per heavy atom. The predicted molar refractivity (Wildman–Crippen MR) is 117 cm³/mol. The zero-order valence-electron chi connectivity index (χ0n) is 16.4. The van der Waals surface area contributed by atoms with E-state index in [1.807, 2.05) is 0 Å². The number of thiophene rings is 1. The number of rotatable bonds is 3. The van der Waals surface area contributed by atoms with E-state index in [4.69, 9.17) is 4.98 Å². The Kier molecular flexibility index (Phi) is 4.47. The van der Waals surface area contributed by atoms with E-state index in [1.54, 1.807) is 17.7 Å². The topological polar surface area (TPSA) is 41.9 Å². The summed E-state index contributed by atoms with van der Waals surface area (Å²) < 4.78 is 1.18. The van der Waals surface area contributed by atoms with Gasteiger partial charge in [-0.2, -0.15) is 0 Å². The van der Waals surface area contributed by atoms with Gasteiger partial charge in [-0.25, -0.2) is 15.0 Å². The van der Waals surface area contributed by atoms with Gasteiger partial charge in [0.25, 0.3) is 0 Å². The molecule has 1 fully saturated rings. The van der Waals surface area contributed by atoms with Gasteiger partial charge in [-0.15, -0.1) is 11.3 Å². The molecule has 0 amide bonds. The Labute approximate surface area is 169 Å². The molecule has 3 aromatic heterocycles. The predicted octanol–water partition coefficient (Wildman–Crippen LogP) is 5.32. The summed E-state index contributed by atoms with van der Waals surface area (Å²) in [5, 5.41) is 1.19. The third-order valence-electron chi connectivity index (χ3n) is 5.81. The van der Waals surface area contributed by atoms with E-state index in [0.717, 1.165) is 40.9 Å². The maximum atomic E-state index is 4.75. The number of aryl methyl sites for hydroxylation is 2. The molecule has 0 unspecified atom stereocenters. The fourth-order valence-electron chi connectivity index (χ4n) is 4.42. The largest absolute Gasteiger partial charge is 0.355 e. The third kappa shape index (κ3) is 3.14. The van der Waals surface area contributed by atoms with Gasteiger partial charge in [0, 0.05) is 24.2 Å². The number of pyridine rings is 1. The second-order valence-electron chi connectivity index (χ2n) is 7.86. The lowest BCUT2D eigenvalue weighted by Gasteiger charge is -2.33. The van der Waals surface area contributed by atoms with Crippen molar-refractivity contribution in [2.24, 2.45) is 5.92 Å². The van der Waals surface area contributed by atoms with Crippen LogP contribution in [0.5, 0.6) is 0 Å². The summed E-state index contributed by atoms with van der Waals surface area (Å²) in [7, 11) is 0. The summed E-state index contributed by atoms with van der Waals surface area (Å²) in [6, 6.07) is 13.0. The fourth-order valence-corrected chi connectivity index (χ4v) is 5.69. The standard InChI is InChI=1S/C23H24N4S/c1-15-12-16(2)26-23-19(15)20-21(28-23)22(25-14-24-20)27-10-8-18(9-11-27)13-17-6-4-3-5-7-17/h3-7,12,14,18H,8-11,13H2,1-2H3. The molecule has 0 atom stereocenters.